The first-order chi connectivity index (χ1) is 9.98. The maximum atomic E-state index is 12.0. The van der Waals surface area contributed by atoms with Crippen molar-refractivity contribution in [2.24, 2.45) is 0 Å². The predicted molar refractivity (Wildman–Crippen MR) is 84.7 cm³/mol. The summed E-state index contributed by atoms with van der Waals surface area (Å²) in [6.07, 6.45) is 1.04. The summed E-state index contributed by atoms with van der Waals surface area (Å²) in [4.78, 5) is 12.0. The summed E-state index contributed by atoms with van der Waals surface area (Å²) in [6.45, 7) is 8.50. The maximum absolute atomic E-state index is 12.0. The van der Waals surface area contributed by atoms with Crippen molar-refractivity contribution >= 4 is 5.97 Å². The summed E-state index contributed by atoms with van der Waals surface area (Å²) in [7, 11) is 1.74. The van der Waals surface area contributed by atoms with Gasteiger partial charge in [0, 0.05) is 0 Å². The minimum absolute atomic E-state index is 0.232. The molecule has 0 aliphatic heterocycles. The van der Waals surface area contributed by atoms with Crippen LogP contribution in [0.5, 0.6) is 5.75 Å². The molecule has 1 rings (SSSR count). The number of ether oxygens (including phenoxy) is 2. The molecule has 4 heteroatoms. The molecule has 0 aliphatic carbocycles. The number of para-hydroxylation sites is 1. The van der Waals surface area contributed by atoms with E-state index in [1.165, 1.54) is 5.56 Å². The second-order valence-corrected chi connectivity index (χ2v) is 5.44. The first-order valence-corrected chi connectivity index (χ1v) is 7.56. The van der Waals surface area contributed by atoms with Gasteiger partial charge in [0.25, 0.3) is 0 Å². The van der Waals surface area contributed by atoms with Gasteiger partial charge >= 0.3 is 5.97 Å². The number of rotatable bonds is 8. The zero-order valence-electron chi connectivity index (χ0n) is 13.7. The van der Waals surface area contributed by atoms with Crippen molar-refractivity contribution in [3.05, 3.63) is 29.8 Å². The fraction of sp³-hybridized carbons (Fsp3) is 0.588. The van der Waals surface area contributed by atoms with E-state index in [0.29, 0.717) is 12.5 Å². The van der Waals surface area contributed by atoms with E-state index in [2.05, 4.69) is 25.2 Å². The van der Waals surface area contributed by atoms with Crippen LogP contribution in [0.25, 0.3) is 0 Å². The second-order valence-electron chi connectivity index (χ2n) is 5.44. The van der Waals surface area contributed by atoms with E-state index in [1.807, 2.05) is 18.2 Å². The molecule has 0 saturated carbocycles. The molecule has 0 radical (unpaired) electrons. The Hall–Kier alpha value is -1.55. The zero-order valence-corrected chi connectivity index (χ0v) is 13.7. The van der Waals surface area contributed by atoms with Crippen molar-refractivity contribution in [1.29, 1.82) is 0 Å². The van der Waals surface area contributed by atoms with Crippen molar-refractivity contribution in [3.63, 3.8) is 0 Å². The normalized spacial score (nSPS) is 15.1. The van der Waals surface area contributed by atoms with Gasteiger partial charge in [-0.05, 0) is 44.9 Å². The maximum Gasteiger partial charge on any atom is 0.329 e. The lowest BCUT2D eigenvalue weighted by Gasteiger charge is -2.27. The van der Waals surface area contributed by atoms with Crippen LogP contribution in [0, 0.1) is 0 Å². The molecule has 2 atom stereocenters. The van der Waals surface area contributed by atoms with Gasteiger partial charge in [-0.25, -0.2) is 4.79 Å². The summed E-state index contributed by atoms with van der Waals surface area (Å²) >= 11 is 0. The molecule has 21 heavy (non-hydrogen) atoms. The topological polar surface area (TPSA) is 47.6 Å². The highest BCUT2D eigenvalue weighted by atomic mass is 16.5. The minimum Gasteiger partial charge on any atom is -0.491 e. The molecule has 1 aromatic carbocycles. The molecule has 118 valence electrons. The molecule has 0 spiro atoms. The molecule has 0 fully saturated rings. The smallest absolute Gasteiger partial charge is 0.329 e. The van der Waals surface area contributed by atoms with E-state index in [4.69, 9.17) is 9.47 Å². The number of benzene rings is 1. The number of esters is 1. The van der Waals surface area contributed by atoms with Crippen molar-refractivity contribution in [2.75, 3.05) is 20.3 Å². The Morgan fingerprint density at radius 2 is 2.00 bits per heavy atom. The van der Waals surface area contributed by atoms with E-state index in [1.54, 1.807) is 20.9 Å². The van der Waals surface area contributed by atoms with Gasteiger partial charge in [-0.15, -0.1) is 0 Å². The number of carbonyl (C=O) groups is 1. The van der Waals surface area contributed by atoms with E-state index < -0.39 is 5.54 Å². The van der Waals surface area contributed by atoms with E-state index >= 15 is 0 Å². The minimum atomic E-state index is -0.849. The van der Waals surface area contributed by atoms with Crippen molar-refractivity contribution in [3.8, 4) is 5.75 Å². The number of carbonyl (C=O) groups excluding carboxylic acids is 1. The highest BCUT2D eigenvalue weighted by Gasteiger charge is 2.34. The largest absolute Gasteiger partial charge is 0.491 e. The van der Waals surface area contributed by atoms with Crippen LogP contribution in [0.15, 0.2) is 24.3 Å². The Kier molecular flexibility index (Phi) is 6.69. The van der Waals surface area contributed by atoms with Crippen LogP contribution in [0.2, 0.25) is 0 Å². The highest BCUT2D eigenvalue weighted by Crippen LogP contribution is 2.29. The zero-order chi connectivity index (χ0) is 15.9. The Labute approximate surface area is 127 Å². The molecule has 0 saturated heterocycles. The Morgan fingerprint density at radius 1 is 1.33 bits per heavy atom. The Balaban J connectivity index is 2.84. The average Bonchev–Trinajstić information content (AvgIpc) is 2.52. The van der Waals surface area contributed by atoms with Gasteiger partial charge in [-0.2, -0.15) is 0 Å². The molecule has 0 heterocycles. The van der Waals surface area contributed by atoms with Crippen molar-refractivity contribution in [2.45, 2.75) is 45.6 Å². The van der Waals surface area contributed by atoms with Gasteiger partial charge in [-0.3, -0.25) is 0 Å². The summed E-state index contributed by atoms with van der Waals surface area (Å²) < 4.78 is 11.0. The molecule has 0 aromatic heterocycles. The monoisotopic (exact) mass is 293 g/mol. The fourth-order valence-corrected chi connectivity index (χ4v) is 1.98. The van der Waals surface area contributed by atoms with Gasteiger partial charge in [0.05, 0.1) is 6.61 Å². The van der Waals surface area contributed by atoms with Gasteiger partial charge in [0.2, 0.25) is 0 Å². The van der Waals surface area contributed by atoms with Crippen LogP contribution < -0.4 is 10.1 Å². The van der Waals surface area contributed by atoms with Gasteiger partial charge in [0.1, 0.15) is 17.9 Å². The third-order valence-electron chi connectivity index (χ3n) is 3.86. The molecular weight excluding hydrogens is 266 g/mol. The quantitative estimate of drug-likeness (QED) is 0.748. The second kappa shape index (κ2) is 8.03. The number of nitrogens with one attached hydrogen (secondary N) is 1. The summed E-state index contributed by atoms with van der Waals surface area (Å²) in [5.74, 6) is 0.954. The van der Waals surface area contributed by atoms with Crippen LogP contribution in [0.3, 0.4) is 0 Å². The lowest BCUT2D eigenvalue weighted by Crippen LogP contribution is -2.53. The van der Waals surface area contributed by atoms with Gasteiger partial charge in [0.15, 0.2) is 0 Å². The van der Waals surface area contributed by atoms with Gasteiger partial charge < -0.3 is 14.8 Å². The van der Waals surface area contributed by atoms with Crippen LogP contribution in [0.4, 0.5) is 0 Å². The van der Waals surface area contributed by atoms with E-state index in [0.717, 1.165) is 12.2 Å². The van der Waals surface area contributed by atoms with E-state index in [9.17, 15) is 4.79 Å². The van der Waals surface area contributed by atoms with Gasteiger partial charge in [-0.1, -0.05) is 32.0 Å². The van der Waals surface area contributed by atoms with Crippen LogP contribution in [0.1, 0.15) is 45.6 Å². The molecule has 1 N–H and O–H groups in total. The molecule has 2 unspecified atom stereocenters. The van der Waals surface area contributed by atoms with Crippen LogP contribution >= 0.6 is 0 Å². The molecular formula is C17H27NO3. The molecule has 0 aliphatic rings. The average molecular weight is 293 g/mol. The number of hydrogen-bond donors (Lipinski definition) is 1. The first-order valence-electron chi connectivity index (χ1n) is 7.56. The third-order valence-corrected chi connectivity index (χ3v) is 3.86. The standard InChI is InChI=1S/C17H27NO3/c1-6-13(3)14-10-8-9-11-15(14)21-12-17(4,18-5)16(19)20-7-2/h8-11,13,18H,6-7,12H2,1-5H3. The third kappa shape index (κ3) is 4.46. The number of hydrogen-bond acceptors (Lipinski definition) is 4. The first kappa shape index (κ1) is 17.5. The Bertz CT molecular complexity index is 461. The van der Waals surface area contributed by atoms with E-state index in [-0.39, 0.29) is 12.6 Å². The molecule has 0 amide bonds. The summed E-state index contributed by atoms with van der Waals surface area (Å²) in [6, 6.07) is 7.98. The lowest BCUT2D eigenvalue weighted by atomic mass is 9.97. The van der Waals surface area contributed by atoms with Crippen molar-refractivity contribution < 1.29 is 14.3 Å². The SMILES string of the molecule is CCOC(=O)C(C)(COc1ccccc1C(C)CC)NC. The summed E-state index contributed by atoms with van der Waals surface area (Å²) in [5, 5.41) is 3.00. The number of likely N-dealkylation sites (N-methyl/N-ethyl adjacent to an activating group) is 1. The van der Waals surface area contributed by atoms with Crippen LogP contribution in [-0.4, -0.2) is 31.8 Å². The highest BCUT2D eigenvalue weighted by molar-refractivity contribution is 5.80. The fourth-order valence-electron chi connectivity index (χ4n) is 1.98. The molecule has 0 bridgehead atoms. The Morgan fingerprint density at radius 3 is 2.57 bits per heavy atom. The van der Waals surface area contributed by atoms with Crippen molar-refractivity contribution in [1.82, 2.24) is 5.32 Å². The predicted octanol–water partition coefficient (Wildman–Crippen LogP) is 3.12. The summed E-state index contributed by atoms with van der Waals surface area (Å²) in [5.41, 5.74) is 0.320. The molecule has 1 aromatic rings. The lowest BCUT2D eigenvalue weighted by molar-refractivity contribution is -0.151. The van der Waals surface area contributed by atoms with Crippen LogP contribution in [-0.2, 0) is 9.53 Å². The molecule has 4 nitrogen and oxygen atoms in total.